The quantitative estimate of drug-likeness (QED) is 0.790. The molecule has 0 aliphatic carbocycles. The normalized spacial score (nSPS) is 12.2. The second kappa shape index (κ2) is 7.17. The Balaban J connectivity index is 2.55. The van der Waals surface area contributed by atoms with Crippen LogP contribution in [-0.4, -0.2) is 17.8 Å². The Bertz CT molecular complexity index is 393. The fourth-order valence-corrected chi connectivity index (χ4v) is 2.47. The highest BCUT2D eigenvalue weighted by Crippen LogP contribution is 2.17. The third-order valence-corrected chi connectivity index (χ3v) is 3.98. The van der Waals surface area contributed by atoms with E-state index in [9.17, 15) is 4.79 Å². The average Bonchev–Trinajstić information content (AvgIpc) is 2.30. The zero-order valence-corrected chi connectivity index (χ0v) is 13.3. The summed E-state index contributed by atoms with van der Waals surface area (Å²) in [6, 6.07) is 5.64. The highest BCUT2D eigenvalue weighted by molar-refractivity contribution is 9.10. The number of carbonyl (C=O) groups excluding carboxylic acids is 1. The Morgan fingerprint density at radius 3 is 2.76 bits per heavy atom. The first kappa shape index (κ1) is 14.7. The second-order valence-corrected chi connectivity index (χ2v) is 5.90. The molecule has 0 aromatic heterocycles. The van der Waals surface area contributed by atoms with E-state index in [0.717, 1.165) is 33.9 Å². The number of aryl methyl sites for hydroxylation is 1. The van der Waals surface area contributed by atoms with Gasteiger partial charge in [0.05, 0.1) is 0 Å². The van der Waals surface area contributed by atoms with Gasteiger partial charge in [-0.2, -0.15) is 0 Å². The molecule has 0 aliphatic rings. The molecule has 0 saturated heterocycles. The lowest BCUT2D eigenvalue weighted by Crippen LogP contribution is -2.28. The second-order valence-electron chi connectivity index (χ2n) is 4.26. The van der Waals surface area contributed by atoms with Gasteiger partial charge in [0.2, 0.25) is 0 Å². The molecule has 1 atom stereocenters. The number of alkyl halides is 1. The Kier molecular flexibility index (Phi) is 6.20. The molecule has 1 unspecified atom stereocenters. The van der Waals surface area contributed by atoms with Crippen molar-refractivity contribution in [3.8, 4) is 0 Å². The standard InChI is InChI=1S/C13H17Br2NO/c1-9(5-6-14)8-16-13(17)11-3-4-12(15)10(2)7-11/h3-4,7,9H,5-6,8H2,1-2H3,(H,16,17). The molecule has 0 spiro atoms. The lowest BCUT2D eigenvalue weighted by atomic mass is 10.1. The Labute approximate surface area is 119 Å². The van der Waals surface area contributed by atoms with Gasteiger partial charge in [-0.15, -0.1) is 0 Å². The van der Waals surface area contributed by atoms with Crippen LogP contribution in [0, 0.1) is 12.8 Å². The summed E-state index contributed by atoms with van der Waals surface area (Å²) >= 11 is 6.83. The predicted octanol–water partition coefficient (Wildman–Crippen LogP) is 3.91. The van der Waals surface area contributed by atoms with Crippen LogP contribution in [0.3, 0.4) is 0 Å². The smallest absolute Gasteiger partial charge is 0.251 e. The molecule has 1 aromatic carbocycles. The van der Waals surface area contributed by atoms with Crippen molar-refractivity contribution in [2.75, 3.05) is 11.9 Å². The molecule has 4 heteroatoms. The molecule has 1 aromatic rings. The summed E-state index contributed by atoms with van der Waals surface area (Å²) in [7, 11) is 0. The van der Waals surface area contributed by atoms with Crippen molar-refractivity contribution in [3.05, 3.63) is 33.8 Å². The molecule has 0 aliphatic heterocycles. The van der Waals surface area contributed by atoms with Crippen molar-refractivity contribution < 1.29 is 4.79 Å². The molecular weight excluding hydrogens is 346 g/mol. The maximum atomic E-state index is 11.9. The molecule has 1 N–H and O–H groups in total. The zero-order valence-electron chi connectivity index (χ0n) is 10.1. The summed E-state index contributed by atoms with van der Waals surface area (Å²) in [5.41, 5.74) is 1.79. The van der Waals surface area contributed by atoms with Crippen molar-refractivity contribution in [2.24, 2.45) is 5.92 Å². The number of hydrogen-bond donors (Lipinski definition) is 1. The van der Waals surface area contributed by atoms with Crippen LogP contribution < -0.4 is 5.32 Å². The van der Waals surface area contributed by atoms with Gasteiger partial charge in [0.1, 0.15) is 0 Å². The maximum absolute atomic E-state index is 11.9. The zero-order chi connectivity index (χ0) is 12.8. The van der Waals surface area contributed by atoms with Crippen LogP contribution in [0.4, 0.5) is 0 Å². The maximum Gasteiger partial charge on any atom is 0.251 e. The molecule has 0 radical (unpaired) electrons. The van der Waals surface area contributed by atoms with E-state index in [2.05, 4.69) is 44.1 Å². The van der Waals surface area contributed by atoms with Crippen LogP contribution in [0.5, 0.6) is 0 Å². The summed E-state index contributed by atoms with van der Waals surface area (Å²) in [6.07, 6.45) is 1.07. The van der Waals surface area contributed by atoms with Gasteiger partial charge in [0.15, 0.2) is 0 Å². The SMILES string of the molecule is Cc1cc(C(=O)NCC(C)CCBr)ccc1Br. The van der Waals surface area contributed by atoms with E-state index in [1.54, 1.807) is 0 Å². The summed E-state index contributed by atoms with van der Waals surface area (Å²) in [6.45, 7) is 4.84. The summed E-state index contributed by atoms with van der Waals surface area (Å²) in [5, 5.41) is 3.93. The molecule has 1 amide bonds. The highest BCUT2D eigenvalue weighted by atomic mass is 79.9. The first-order chi connectivity index (χ1) is 8.04. The van der Waals surface area contributed by atoms with Gasteiger partial charge in [0.25, 0.3) is 5.91 Å². The van der Waals surface area contributed by atoms with Gasteiger partial charge in [-0.1, -0.05) is 38.8 Å². The fourth-order valence-electron chi connectivity index (χ4n) is 1.44. The first-order valence-corrected chi connectivity index (χ1v) is 7.56. The minimum absolute atomic E-state index is 0.00187. The minimum Gasteiger partial charge on any atom is -0.352 e. The van der Waals surface area contributed by atoms with E-state index < -0.39 is 0 Å². The fraction of sp³-hybridized carbons (Fsp3) is 0.462. The van der Waals surface area contributed by atoms with Crippen molar-refractivity contribution in [2.45, 2.75) is 20.3 Å². The number of amides is 1. The number of hydrogen-bond acceptors (Lipinski definition) is 1. The third-order valence-electron chi connectivity index (χ3n) is 2.63. The van der Waals surface area contributed by atoms with Crippen LogP contribution >= 0.6 is 31.9 Å². The summed E-state index contributed by atoms with van der Waals surface area (Å²) in [5.74, 6) is 0.497. The van der Waals surface area contributed by atoms with Crippen LogP contribution in [-0.2, 0) is 0 Å². The van der Waals surface area contributed by atoms with Crippen LogP contribution in [0.15, 0.2) is 22.7 Å². The van der Waals surface area contributed by atoms with E-state index in [1.807, 2.05) is 25.1 Å². The van der Waals surface area contributed by atoms with E-state index in [4.69, 9.17) is 0 Å². The van der Waals surface area contributed by atoms with Crippen LogP contribution in [0.25, 0.3) is 0 Å². The van der Waals surface area contributed by atoms with Crippen LogP contribution in [0.2, 0.25) is 0 Å². The highest BCUT2D eigenvalue weighted by Gasteiger charge is 2.08. The predicted molar refractivity (Wildman–Crippen MR) is 78.8 cm³/mol. The van der Waals surface area contributed by atoms with Gasteiger partial charge in [-0.25, -0.2) is 0 Å². The Hall–Kier alpha value is -0.350. The Morgan fingerprint density at radius 1 is 1.47 bits per heavy atom. The lowest BCUT2D eigenvalue weighted by molar-refractivity contribution is 0.0948. The van der Waals surface area contributed by atoms with Gasteiger partial charge in [-0.3, -0.25) is 4.79 Å². The topological polar surface area (TPSA) is 29.1 Å². The number of halogens is 2. The first-order valence-electron chi connectivity index (χ1n) is 5.65. The molecule has 94 valence electrons. The van der Waals surface area contributed by atoms with Crippen molar-refractivity contribution in [1.82, 2.24) is 5.32 Å². The van der Waals surface area contributed by atoms with Gasteiger partial charge in [0, 0.05) is 21.9 Å². The summed E-state index contributed by atoms with van der Waals surface area (Å²) in [4.78, 5) is 11.9. The molecule has 2 nitrogen and oxygen atoms in total. The molecular formula is C13H17Br2NO. The van der Waals surface area contributed by atoms with Crippen molar-refractivity contribution in [3.63, 3.8) is 0 Å². The number of rotatable bonds is 5. The molecule has 0 fully saturated rings. The number of benzene rings is 1. The largest absolute Gasteiger partial charge is 0.352 e. The Morgan fingerprint density at radius 2 is 2.18 bits per heavy atom. The number of carbonyl (C=O) groups is 1. The molecule has 0 heterocycles. The van der Waals surface area contributed by atoms with E-state index in [0.29, 0.717) is 5.92 Å². The van der Waals surface area contributed by atoms with E-state index in [-0.39, 0.29) is 5.91 Å². The average molecular weight is 363 g/mol. The molecule has 17 heavy (non-hydrogen) atoms. The lowest BCUT2D eigenvalue weighted by Gasteiger charge is -2.11. The third kappa shape index (κ3) is 4.80. The van der Waals surface area contributed by atoms with E-state index in [1.165, 1.54) is 0 Å². The van der Waals surface area contributed by atoms with Gasteiger partial charge >= 0.3 is 0 Å². The van der Waals surface area contributed by atoms with Crippen molar-refractivity contribution in [1.29, 1.82) is 0 Å². The molecule has 0 saturated carbocycles. The van der Waals surface area contributed by atoms with Crippen LogP contribution in [0.1, 0.15) is 29.3 Å². The number of nitrogens with one attached hydrogen (secondary N) is 1. The summed E-state index contributed by atoms with van der Waals surface area (Å²) < 4.78 is 1.03. The van der Waals surface area contributed by atoms with Gasteiger partial charge < -0.3 is 5.32 Å². The minimum atomic E-state index is 0.00187. The van der Waals surface area contributed by atoms with Crippen molar-refractivity contribution >= 4 is 37.8 Å². The van der Waals surface area contributed by atoms with Gasteiger partial charge in [-0.05, 0) is 43.0 Å². The van der Waals surface area contributed by atoms with E-state index >= 15 is 0 Å². The molecule has 1 rings (SSSR count). The monoisotopic (exact) mass is 361 g/mol. The molecule has 0 bridgehead atoms.